The molecule has 0 saturated carbocycles. The Bertz CT molecular complexity index is 2190. The van der Waals surface area contributed by atoms with Crippen molar-refractivity contribution in [3.05, 3.63) is 146 Å². The first kappa shape index (κ1) is 30.7. The highest BCUT2D eigenvalue weighted by Gasteiger charge is 2.35. The van der Waals surface area contributed by atoms with Crippen LogP contribution in [0, 0.1) is 10.1 Å². The van der Waals surface area contributed by atoms with Crippen LogP contribution in [0.3, 0.4) is 0 Å². The molecular weight excluding hydrogens is 705 g/mol. The van der Waals surface area contributed by atoms with Crippen molar-refractivity contribution in [1.82, 2.24) is 4.57 Å². The summed E-state index contributed by atoms with van der Waals surface area (Å²) in [5, 5.41) is 12.1. The standard InChI is InChI=1S/C32H20BrCl2N3O6S/c1-2-43-31(40)26-28(17-6-4-3-5-7-17)36-32-37(29(26)18-8-10-20(34)11-9-18)30(39)25(45-32)16-21-12-13-24(44-21)19-14-22(35)27(33)23(15-19)38(41)42/h3-16,29H,2H2,1H3/b25-16-/t29-/m0/s1. The number of benzene rings is 3. The van der Waals surface area contributed by atoms with Gasteiger partial charge in [0.05, 0.1) is 38.4 Å². The molecule has 1 aliphatic heterocycles. The molecule has 0 aliphatic carbocycles. The Morgan fingerprint density at radius 1 is 1.11 bits per heavy atom. The van der Waals surface area contributed by atoms with Gasteiger partial charge in [-0.15, -0.1) is 0 Å². The van der Waals surface area contributed by atoms with Crippen molar-refractivity contribution in [2.24, 2.45) is 4.99 Å². The van der Waals surface area contributed by atoms with Gasteiger partial charge < -0.3 is 9.15 Å². The van der Waals surface area contributed by atoms with Gasteiger partial charge in [0, 0.05) is 28.3 Å². The van der Waals surface area contributed by atoms with Crippen LogP contribution in [0.5, 0.6) is 0 Å². The zero-order valence-electron chi connectivity index (χ0n) is 23.2. The average molecular weight is 725 g/mol. The lowest BCUT2D eigenvalue weighted by molar-refractivity contribution is -0.385. The van der Waals surface area contributed by atoms with Gasteiger partial charge in [-0.2, -0.15) is 0 Å². The largest absolute Gasteiger partial charge is 0.463 e. The van der Waals surface area contributed by atoms with Crippen molar-refractivity contribution in [3.63, 3.8) is 0 Å². The first-order chi connectivity index (χ1) is 21.7. The maximum Gasteiger partial charge on any atom is 0.338 e. The first-order valence-corrected chi connectivity index (χ1v) is 15.8. The molecule has 3 heterocycles. The predicted molar refractivity (Wildman–Crippen MR) is 176 cm³/mol. The number of halogens is 3. The van der Waals surface area contributed by atoms with E-state index in [1.807, 2.05) is 30.3 Å². The van der Waals surface area contributed by atoms with Crippen LogP contribution in [0.25, 0.3) is 23.1 Å². The number of thiazole rings is 1. The van der Waals surface area contributed by atoms with Gasteiger partial charge in [-0.25, -0.2) is 9.79 Å². The molecule has 9 nitrogen and oxygen atoms in total. The van der Waals surface area contributed by atoms with Crippen LogP contribution in [0.15, 0.2) is 103 Å². The molecule has 0 amide bonds. The van der Waals surface area contributed by atoms with Crippen molar-refractivity contribution >= 4 is 73.9 Å². The third-order valence-electron chi connectivity index (χ3n) is 6.95. The summed E-state index contributed by atoms with van der Waals surface area (Å²) in [5.41, 5.74) is 1.74. The lowest BCUT2D eigenvalue weighted by atomic mass is 9.93. The molecule has 0 bridgehead atoms. The lowest BCUT2D eigenvalue weighted by Crippen LogP contribution is -2.39. The Balaban J connectivity index is 1.53. The number of nitro groups is 1. The highest BCUT2D eigenvalue weighted by atomic mass is 79.9. The van der Waals surface area contributed by atoms with E-state index in [0.717, 1.165) is 11.3 Å². The molecule has 0 N–H and O–H groups in total. The third kappa shape index (κ3) is 5.91. The van der Waals surface area contributed by atoms with Gasteiger partial charge in [-0.1, -0.05) is 77.0 Å². The molecule has 0 unspecified atom stereocenters. The molecule has 5 aromatic rings. The number of nitro benzene ring substituents is 1. The van der Waals surface area contributed by atoms with Crippen molar-refractivity contribution < 1.29 is 18.9 Å². The van der Waals surface area contributed by atoms with Crippen molar-refractivity contribution in [3.8, 4) is 11.3 Å². The lowest BCUT2D eigenvalue weighted by Gasteiger charge is -2.25. The van der Waals surface area contributed by atoms with Crippen LogP contribution < -0.4 is 14.9 Å². The number of fused-ring (bicyclic) bond motifs is 1. The van der Waals surface area contributed by atoms with Crippen LogP contribution in [0.1, 0.15) is 29.9 Å². The molecule has 2 aromatic heterocycles. The number of esters is 1. The summed E-state index contributed by atoms with van der Waals surface area (Å²) < 4.78 is 13.4. The number of hydrogen-bond acceptors (Lipinski definition) is 8. The normalized spacial score (nSPS) is 14.7. The van der Waals surface area contributed by atoms with Gasteiger partial charge >= 0.3 is 5.97 Å². The van der Waals surface area contributed by atoms with Gasteiger partial charge in [0.2, 0.25) is 0 Å². The zero-order valence-corrected chi connectivity index (χ0v) is 27.1. The topological polar surface area (TPSA) is 117 Å². The van der Waals surface area contributed by atoms with E-state index in [-0.39, 0.29) is 27.4 Å². The van der Waals surface area contributed by atoms with E-state index in [1.165, 1.54) is 10.6 Å². The van der Waals surface area contributed by atoms with E-state index in [4.69, 9.17) is 37.3 Å². The predicted octanol–water partition coefficient (Wildman–Crippen LogP) is 7.17. The summed E-state index contributed by atoms with van der Waals surface area (Å²) in [7, 11) is 0. The van der Waals surface area contributed by atoms with Crippen LogP contribution in [-0.4, -0.2) is 22.1 Å². The highest BCUT2D eigenvalue weighted by molar-refractivity contribution is 9.10. The van der Waals surface area contributed by atoms with E-state index < -0.39 is 22.5 Å². The fourth-order valence-corrected chi connectivity index (χ4v) is 6.66. The molecule has 0 saturated heterocycles. The molecular formula is C32H20BrCl2N3O6S. The number of aromatic nitrogens is 1. The molecule has 0 radical (unpaired) electrons. The summed E-state index contributed by atoms with van der Waals surface area (Å²) in [6, 6.07) is 21.5. The summed E-state index contributed by atoms with van der Waals surface area (Å²) >= 11 is 16.7. The third-order valence-corrected chi connectivity index (χ3v) is 9.54. The van der Waals surface area contributed by atoms with Gasteiger partial charge in [0.1, 0.15) is 16.0 Å². The molecule has 13 heteroatoms. The number of furan rings is 1. The maximum absolute atomic E-state index is 14.1. The number of hydrogen-bond donors (Lipinski definition) is 0. The van der Waals surface area contributed by atoms with E-state index in [2.05, 4.69) is 15.9 Å². The summed E-state index contributed by atoms with van der Waals surface area (Å²) in [6.45, 7) is 1.85. The molecule has 1 aliphatic rings. The van der Waals surface area contributed by atoms with Crippen molar-refractivity contribution in [2.45, 2.75) is 13.0 Å². The number of ether oxygens (including phenoxy) is 1. The van der Waals surface area contributed by atoms with Gasteiger partial charge in [-0.3, -0.25) is 19.5 Å². The van der Waals surface area contributed by atoms with Crippen molar-refractivity contribution in [1.29, 1.82) is 0 Å². The molecule has 45 heavy (non-hydrogen) atoms. The second-order valence-corrected chi connectivity index (χ2v) is 12.4. The quantitative estimate of drug-likeness (QED) is 0.0998. The first-order valence-electron chi connectivity index (χ1n) is 13.4. The Morgan fingerprint density at radius 3 is 2.53 bits per heavy atom. The Hall–Kier alpha value is -4.29. The minimum absolute atomic E-state index is 0.135. The minimum atomic E-state index is -0.854. The van der Waals surface area contributed by atoms with Crippen LogP contribution in [0.4, 0.5) is 5.69 Å². The Morgan fingerprint density at radius 2 is 1.84 bits per heavy atom. The van der Waals surface area contributed by atoms with Crippen LogP contribution in [-0.2, 0) is 9.53 Å². The maximum atomic E-state index is 14.1. The molecule has 0 fully saturated rings. The van der Waals surface area contributed by atoms with E-state index in [9.17, 15) is 19.7 Å². The van der Waals surface area contributed by atoms with E-state index >= 15 is 0 Å². The van der Waals surface area contributed by atoms with Crippen molar-refractivity contribution in [2.75, 3.05) is 6.61 Å². The van der Waals surface area contributed by atoms with Gasteiger partial charge in [0.15, 0.2) is 4.80 Å². The summed E-state index contributed by atoms with van der Waals surface area (Å²) in [6.07, 6.45) is 1.57. The second-order valence-electron chi connectivity index (χ2n) is 9.73. The fraction of sp³-hybridized carbons (Fsp3) is 0.0938. The minimum Gasteiger partial charge on any atom is -0.463 e. The molecule has 0 spiro atoms. The number of rotatable bonds is 7. The summed E-state index contributed by atoms with van der Waals surface area (Å²) in [5.74, 6) is 0.0571. The number of carbonyl (C=O) groups is 1. The summed E-state index contributed by atoms with van der Waals surface area (Å²) in [4.78, 5) is 43.7. The fourth-order valence-electron chi connectivity index (χ4n) is 4.97. The average Bonchev–Trinajstić information content (AvgIpc) is 3.62. The van der Waals surface area contributed by atoms with E-state index in [0.29, 0.717) is 48.3 Å². The van der Waals surface area contributed by atoms with Gasteiger partial charge in [0.25, 0.3) is 11.2 Å². The molecule has 1 atom stereocenters. The van der Waals surface area contributed by atoms with Crippen LogP contribution >= 0.6 is 50.5 Å². The molecule has 3 aromatic carbocycles. The second kappa shape index (κ2) is 12.6. The molecule has 6 rings (SSSR count). The Labute approximate surface area is 277 Å². The van der Waals surface area contributed by atoms with Gasteiger partial charge in [-0.05, 0) is 58.7 Å². The van der Waals surface area contributed by atoms with E-state index in [1.54, 1.807) is 55.5 Å². The monoisotopic (exact) mass is 723 g/mol. The smallest absolute Gasteiger partial charge is 0.338 e. The number of nitrogens with zero attached hydrogens (tertiary/aromatic N) is 3. The highest BCUT2D eigenvalue weighted by Crippen LogP contribution is 2.38. The molecule has 226 valence electrons. The zero-order chi connectivity index (χ0) is 31.8. The number of carbonyl (C=O) groups excluding carboxylic acids is 1. The van der Waals surface area contributed by atoms with Crippen LogP contribution in [0.2, 0.25) is 10.0 Å². The SMILES string of the molecule is CCOC(=O)C1=C(c2ccccc2)N=c2s/c(=C\c3ccc(-c4cc(Cl)c(Br)c([N+](=O)[O-])c4)o3)c(=O)n2[C@H]1c1ccc(Cl)cc1. The Kier molecular flexibility index (Phi) is 8.61.